The van der Waals surface area contributed by atoms with Crippen molar-refractivity contribution in [3.8, 4) is 5.75 Å². The number of methoxy groups -OCH3 is 1. The summed E-state index contributed by atoms with van der Waals surface area (Å²) in [6, 6.07) is 14.7. The molecule has 0 aliphatic rings. The first-order valence-electron chi connectivity index (χ1n) is 8.91. The van der Waals surface area contributed by atoms with E-state index in [1.165, 1.54) is 12.1 Å². The molecule has 0 spiro atoms. The smallest absolute Gasteiger partial charge is 0.193 e. The van der Waals surface area contributed by atoms with E-state index in [4.69, 9.17) is 4.74 Å². The summed E-state index contributed by atoms with van der Waals surface area (Å²) in [5, 5.41) is 3.42. The zero-order valence-electron chi connectivity index (χ0n) is 16.7. The summed E-state index contributed by atoms with van der Waals surface area (Å²) >= 11 is 0. The molecule has 0 fully saturated rings. The minimum atomic E-state index is -0.225. The minimum Gasteiger partial charge on any atom is -0.496 e. The number of nitrogens with one attached hydrogen (secondary N) is 1. The van der Waals surface area contributed by atoms with E-state index >= 15 is 0 Å². The van der Waals surface area contributed by atoms with Crippen LogP contribution in [0.1, 0.15) is 17.2 Å². The molecule has 2 rings (SSSR count). The maximum atomic E-state index is 13.2. The van der Waals surface area contributed by atoms with Gasteiger partial charge in [0.1, 0.15) is 11.6 Å². The van der Waals surface area contributed by atoms with Gasteiger partial charge < -0.3 is 19.9 Å². The van der Waals surface area contributed by atoms with Gasteiger partial charge in [-0.05, 0) is 37.9 Å². The third-order valence-electron chi connectivity index (χ3n) is 4.51. The van der Waals surface area contributed by atoms with E-state index in [0.29, 0.717) is 13.1 Å². The Bertz CT molecular complexity index is 746. The van der Waals surface area contributed by atoms with E-state index < -0.39 is 0 Å². The highest BCUT2D eigenvalue weighted by Gasteiger charge is 2.16. The fourth-order valence-corrected chi connectivity index (χ4v) is 3.02. The van der Waals surface area contributed by atoms with Gasteiger partial charge in [-0.1, -0.05) is 30.3 Å². The summed E-state index contributed by atoms with van der Waals surface area (Å²) in [4.78, 5) is 8.55. The van der Waals surface area contributed by atoms with Crippen molar-refractivity contribution in [2.45, 2.75) is 12.6 Å². The number of halogens is 1. The Kier molecular flexibility index (Phi) is 7.61. The number of ether oxygens (including phenoxy) is 1. The second-order valence-corrected chi connectivity index (χ2v) is 6.63. The third-order valence-corrected chi connectivity index (χ3v) is 4.51. The minimum absolute atomic E-state index is 0.0991. The van der Waals surface area contributed by atoms with E-state index in [0.717, 1.165) is 22.8 Å². The Morgan fingerprint density at radius 1 is 1.11 bits per heavy atom. The van der Waals surface area contributed by atoms with Gasteiger partial charge >= 0.3 is 0 Å². The van der Waals surface area contributed by atoms with Crippen LogP contribution >= 0.6 is 0 Å². The molecule has 0 amide bonds. The molecule has 1 atom stereocenters. The molecular weight excluding hydrogens is 343 g/mol. The molecular formula is C21H29FN4O. The predicted molar refractivity (Wildman–Crippen MR) is 109 cm³/mol. The summed E-state index contributed by atoms with van der Waals surface area (Å²) in [5.74, 6) is 1.42. The first-order valence-corrected chi connectivity index (χ1v) is 8.91. The highest BCUT2D eigenvalue weighted by molar-refractivity contribution is 5.79. The Morgan fingerprint density at radius 3 is 2.37 bits per heavy atom. The number of rotatable bonds is 7. The Labute approximate surface area is 161 Å². The maximum Gasteiger partial charge on any atom is 0.193 e. The number of hydrogen-bond acceptors (Lipinski definition) is 3. The van der Waals surface area contributed by atoms with Crippen LogP contribution < -0.4 is 10.1 Å². The molecule has 0 aromatic heterocycles. The molecule has 0 saturated heterocycles. The molecule has 1 N–H and O–H groups in total. The van der Waals surface area contributed by atoms with Crippen LogP contribution in [0.15, 0.2) is 53.5 Å². The Balaban J connectivity index is 2.05. The third kappa shape index (κ3) is 5.69. The zero-order valence-corrected chi connectivity index (χ0v) is 16.7. The van der Waals surface area contributed by atoms with Crippen LogP contribution in [0.4, 0.5) is 4.39 Å². The van der Waals surface area contributed by atoms with Crippen LogP contribution in [0.2, 0.25) is 0 Å². The van der Waals surface area contributed by atoms with Crippen LogP contribution in [0.25, 0.3) is 0 Å². The number of hydrogen-bond donors (Lipinski definition) is 1. The number of benzene rings is 2. The van der Waals surface area contributed by atoms with E-state index in [-0.39, 0.29) is 11.9 Å². The van der Waals surface area contributed by atoms with Gasteiger partial charge in [0.2, 0.25) is 0 Å². The standard InChI is InChI=1S/C21H29FN4O/c1-23-21(26(4)15-17-8-6-7-9-20(17)27-5)24-14-19(25(2)3)16-10-12-18(22)13-11-16/h6-13,19H,14-15H2,1-5H3,(H,23,24). The van der Waals surface area contributed by atoms with E-state index in [1.54, 1.807) is 14.2 Å². The summed E-state index contributed by atoms with van der Waals surface area (Å²) in [6.45, 7) is 1.33. The largest absolute Gasteiger partial charge is 0.496 e. The second-order valence-electron chi connectivity index (χ2n) is 6.63. The fourth-order valence-electron chi connectivity index (χ4n) is 3.02. The lowest BCUT2D eigenvalue weighted by Crippen LogP contribution is -2.42. The van der Waals surface area contributed by atoms with Crippen molar-refractivity contribution in [3.05, 3.63) is 65.5 Å². The monoisotopic (exact) mass is 372 g/mol. The van der Waals surface area contributed by atoms with Gasteiger partial charge in [-0.3, -0.25) is 4.99 Å². The van der Waals surface area contributed by atoms with Gasteiger partial charge in [-0.2, -0.15) is 0 Å². The van der Waals surface area contributed by atoms with Crippen molar-refractivity contribution >= 4 is 5.96 Å². The summed E-state index contributed by atoms with van der Waals surface area (Å²) in [7, 11) is 9.46. The molecule has 0 aliphatic heterocycles. The van der Waals surface area contributed by atoms with Crippen molar-refractivity contribution in [1.29, 1.82) is 0 Å². The SMILES string of the molecule is CN=C(NCC(c1ccc(F)cc1)N(C)C)N(C)Cc1ccccc1OC. The van der Waals surface area contributed by atoms with Gasteiger partial charge in [0.15, 0.2) is 5.96 Å². The first kappa shape index (κ1) is 20.7. The number of nitrogens with zero attached hydrogens (tertiary/aromatic N) is 3. The van der Waals surface area contributed by atoms with Crippen molar-refractivity contribution in [2.24, 2.45) is 4.99 Å². The van der Waals surface area contributed by atoms with Gasteiger partial charge in [0.05, 0.1) is 13.2 Å². The lowest BCUT2D eigenvalue weighted by Gasteiger charge is -2.28. The van der Waals surface area contributed by atoms with Crippen LogP contribution in [-0.2, 0) is 6.54 Å². The van der Waals surface area contributed by atoms with Gasteiger partial charge in [-0.25, -0.2) is 4.39 Å². The molecule has 146 valence electrons. The lowest BCUT2D eigenvalue weighted by atomic mass is 10.1. The number of guanidine groups is 1. The average molecular weight is 372 g/mol. The molecule has 0 radical (unpaired) electrons. The molecule has 2 aromatic carbocycles. The van der Waals surface area contributed by atoms with E-state index in [1.807, 2.05) is 57.5 Å². The Hall–Kier alpha value is -2.60. The molecule has 0 heterocycles. The lowest BCUT2D eigenvalue weighted by molar-refractivity contribution is 0.295. The van der Waals surface area contributed by atoms with Gasteiger partial charge in [0.25, 0.3) is 0 Å². The predicted octanol–water partition coefficient (Wildman–Crippen LogP) is 3.14. The highest BCUT2D eigenvalue weighted by atomic mass is 19.1. The molecule has 6 heteroatoms. The van der Waals surface area contributed by atoms with Crippen LogP contribution in [-0.4, -0.2) is 57.6 Å². The van der Waals surface area contributed by atoms with Gasteiger partial charge in [-0.15, -0.1) is 0 Å². The van der Waals surface area contributed by atoms with Crippen molar-refractivity contribution in [3.63, 3.8) is 0 Å². The maximum absolute atomic E-state index is 13.2. The molecule has 1 unspecified atom stereocenters. The number of aliphatic imine (C=N–C) groups is 1. The topological polar surface area (TPSA) is 40.1 Å². The number of likely N-dealkylation sites (N-methyl/N-ethyl adjacent to an activating group) is 1. The van der Waals surface area contributed by atoms with Crippen LogP contribution in [0.3, 0.4) is 0 Å². The van der Waals surface area contributed by atoms with Crippen molar-refractivity contribution in [1.82, 2.24) is 15.1 Å². The van der Waals surface area contributed by atoms with Crippen LogP contribution in [0, 0.1) is 5.82 Å². The molecule has 0 bridgehead atoms. The molecule has 27 heavy (non-hydrogen) atoms. The summed E-state index contributed by atoms with van der Waals surface area (Å²) in [6.07, 6.45) is 0. The van der Waals surface area contributed by atoms with Gasteiger partial charge in [0, 0.05) is 32.7 Å². The molecule has 2 aromatic rings. The highest BCUT2D eigenvalue weighted by Crippen LogP contribution is 2.20. The normalized spacial score (nSPS) is 12.8. The molecule has 0 aliphatic carbocycles. The fraction of sp³-hybridized carbons (Fsp3) is 0.381. The Morgan fingerprint density at radius 2 is 1.78 bits per heavy atom. The second kappa shape index (κ2) is 9.92. The van der Waals surface area contributed by atoms with Crippen LogP contribution in [0.5, 0.6) is 5.75 Å². The zero-order chi connectivity index (χ0) is 19.8. The first-order chi connectivity index (χ1) is 13.0. The average Bonchev–Trinajstić information content (AvgIpc) is 2.66. The van der Waals surface area contributed by atoms with E-state index in [9.17, 15) is 4.39 Å². The molecule has 0 saturated carbocycles. The number of para-hydroxylation sites is 1. The van der Waals surface area contributed by atoms with E-state index in [2.05, 4.69) is 20.1 Å². The van der Waals surface area contributed by atoms with Crippen molar-refractivity contribution in [2.75, 3.05) is 41.8 Å². The van der Waals surface area contributed by atoms with Crippen molar-refractivity contribution < 1.29 is 9.13 Å². The quantitative estimate of drug-likeness (QED) is 0.599. The molecule has 5 nitrogen and oxygen atoms in total. The summed E-state index contributed by atoms with van der Waals surface area (Å²) < 4.78 is 18.7. The summed E-state index contributed by atoms with van der Waals surface area (Å²) in [5.41, 5.74) is 2.14.